The molecule has 0 radical (unpaired) electrons. The van der Waals surface area contributed by atoms with Gasteiger partial charge in [-0.25, -0.2) is 0 Å². The highest BCUT2D eigenvalue weighted by Gasteiger charge is 2.37. The number of likely N-dealkylation sites (tertiary alicyclic amines) is 1. The largest absolute Gasteiger partial charge is 0.381 e. The third kappa shape index (κ3) is 3.46. The molecule has 2 unspecified atom stereocenters. The summed E-state index contributed by atoms with van der Waals surface area (Å²) >= 11 is 0. The Hall–Kier alpha value is -0.120. The first-order chi connectivity index (χ1) is 8.65. The maximum atomic E-state index is 5.57. The second-order valence-electron chi connectivity index (χ2n) is 6.51. The van der Waals surface area contributed by atoms with Crippen LogP contribution in [-0.4, -0.2) is 50.3 Å². The molecule has 2 aliphatic heterocycles. The van der Waals surface area contributed by atoms with Crippen LogP contribution < -0.4 is 5.32 Å². The second kappa shape index (κ2) is 6.36. The van der Waals surface area contributed by atoms with E-state index in [-0.39, 0.29) is 0 Å². The molecule has 1 N–H and O–H groups in total. The van der Waals surface area contributed by atoms with Gasteiger partial charge in [-0.15, -0.1) is 0 Å². The van der Waals surface area contributed by atoms with E-state index in [4.69, 9.17) is 4.74 Å². The van der Waals surface area contributed by atoms with E-state index in [1.807, 2.05) is 0 Å². The molecule has 2 aliphatic rings. The van der Waals surface area contributed by atoms with Crippen LogP contribution in [0.4, 0.5) is 0 Å². The number of ether oxygens (including phenoxy) is 1. The quantitative estimate of drug-likeness (QED) is 0.813. The molecule has 0 aromatic carbocycles. The van der Waals surface area contributed by atoms with Crippen molar-refractivity contribution in [3.63, 3.8) is 0 Å². The molecule has 0 spiro atoms. The van der Waals surface area contributed by atoms with Crippen molar-refractivity contribution in [3.8, 4) is 0 Å². The highest BCUT2D eigenvalue weighted by atomic mass is 16.5. The smallest absolute Gasteiger partial charge is 0.0472 e. The van der Waals surface area contributed by atoms with Crippen LogP contribution in [0.15, 0.2) is 0 Å². The van der Waals surface area contributed by atoms with Crippen molar-refractivity contribution in [1.82, 2.24) is 10.2 Å². The predicted octanol–water partition coefficient (Wildman–Crippen LogP) is 2.12. The summed E-state index contributed by atoms with van der Waals surface area (Å²) < 4.78 is 5.57. The van der Waals surface area contributed by atoms with Gasteiger partial charge in [-0.05, 0) is 44.1 Å². The number of rotatable bonds is 5. The van der Waals surface area contributed by atoms with Gasteiger partial charge in [-0.1, -0.05) is 13.8 Å². The fraction of sp³-hybridized carbons (Fsp3) is 1.00. The third-order valence-corrected chi connectivity index (χ3v) is 4.75. The van der Waals surface area contributed by atoms with E-state index in [1.165, 1.54) is 32.4 Å². The van der Waals surface area contributed by atoms with Crippen molar-refractivity contribution in [2.24, 2.45) is 11.3 Å². The summed E-state index contributed by atoms with van der Waals surface area (Å²) in [6.45, 7) is 13.7. The zero-order chi connectivity index (χ0) is 13.0. The standard InChI is InChI=1S/C15H30N2O/c1-4-16-11-15(5-7-18-8-6-15)12-17-10-13(2)9-14(17)3/h13-14,16H,4-12H2,1-3H3. The minimum atomic E-state index is 0.451. The maximum absolute atomic E-state index is 5.57. The van der Waals surface area contributed by atoms with Crippen LogP contribution >= 0.6 is 0 Å². The predicted molar refractivity (Wildman–Crippen MR) is 75.8 cm³/mol. The lowest BCUT2D eigenvalue weighted by Gasteiger charge is -2.41. The van der Waals surface area contributed by atoms with Crippen molar-refractivity contribution < 1.29 is 4.74 Å². The number of hydrogen-bond acceptors (Lipinski definition) is 3. The lowest BCUT2D eigenvalue weighted by molar-refractivity contribution is -0.00558. The zero-order valence-corrected chi connectivity index (χ0v) is 12.4. The van der Waals surface area contributed by atoms with Crippen LogP contribution in [0.1, 0.15) is 40.0 Å². The van der Waals surface area contributed by atoms with Crippen LogP contribution in [-0.2, 0) is 4.74 Å². The highest BCUT2D eigenvalue weighted by molar-refractivity contribution is 4.91. The first-order valence-electron chi connectivity index (χ1n) is 7.68. The van der Waals surface area contributed by atoms with Crippen molar-refractivity contribution in [2.45, 2.75) is 46.1 Å². The fourth-order valence-corrected chi connectivity index (χ4v) is 3.62. The van der Waals surface area contributed by atoms with Gasteiger partial charge in [0, 0.05) is 38.9 Å². The molecular formula is C15H30N2O. The van der Waals surface area contributed by atoms with Gasteiger partial charge in [0.1, 0.15) is 0 Å². The summed E-state index contributed by atoms with van der Waals surface area (Å²) in [5.74, 6) is 0.871. The SMILES string of the molecule is CCNCC1(CN2CC(C)CC2C)CCOCC1. The average Bonchev–Trinajstić information content (AvgIpc) is 2.66. The summed E-state index contributed by atoms with van der Waals surface area (Å²) in [6, 6.07) is 0.765. The van der Waals surface area contributed by atoms with E-state index in [2.05, 4.69) is 31.0 Å². The van der Waals surface area contributed by atoms with E-state index in [1.54, 1.807) is 0 Å². The van der Waals surface area contributed by atoms with Crippen LogP contribution in [0.5, 0.6) is 0 Å². The Morgan fingerprint density at radius 1 is 1.28 bits per heavy atom. The van der Waals surface area contributed by atoms with E-state index < -0.39 is 0 Å². The van der Waals surface area contributed by atoms with Crippen LogP contribution in [0.2, 0.25) is 0 Å². The number of nitrogens with one attached hydrogen (secondary N) is 1. The van der Waals surface area contributed by atoms with Gasteiger partial charge >= 0.3 is 0 Å². The molecule has 3 nitrogen and oxygen atoms in total. The van der Waals surface area contributed by atoms with Crippen molar-refractivity contribution >= 4 is 0 Å². The van der Waals surface area contributed by atoms with E-state index in [9.17, 15) is 0 Å². The van der Waals surface area contributed by atoms with Gasteiger partial charge in [0.2, 0.25) is 0 Å². The Bertz CT molecular complexity index is 251. The topological polar surface area (TPSA) is 24.5 Å². The van der Waals surface area contributed by atoms with E-state index in [0.29, 0.717) is 5.41 Å². The van der Waals surface area contributed by atoms with Crippen molar-refractivity contribution in [1.29, 1.82) is 0 Å². The van der Waals surface area contributed by atoms with Crippen LogP contribution in [0.3, 0.4) is 0 Å². The molecule has 0 bridgehead atoms. The molecule has 2 heterocycles. The van der Waals surface area contributed by atoms with Gasteiger partial charge in [0.25, 0.3) is 0 Å². The Kier molecular flexibility index (Phi) is 5.05. The van der Waals surface area contributed by atoms with Crippen LogP contribution in [0, 0.1) is 11.3 Å². The monoisotopic (exact) mass is 254 g/mol. The normalized spacial score (nSPS) is 32.8. The molecule has 2 fully saturated rings. The maximum Gasteiger partial charge on any atom is 0.0472 e. The second-order valence-corrected chi connectivity index (χ2v) is 6.51. The van der Waals surface area contributed by atoms with Crippen LogP contribution in [0.25, 0.3) is 0 Å². The Labute approximate surface area is 112 Å². The third-order valence-electron chi connectivity index (χ3n) is 4.75. The minimum Gasteiger partial charge on any atom is -0.381 e. The summed E-state index contributed by atoms with van der Waals surface area (Å²) in [4.78, 5) is 2.72. The molecule has 0 aromatic rings. The molecular weight excluding hydrogens is 224 g/mol. The molecule has 0 amide bonds. The average molecular weight is 254 g/mol. The minimum absolute atomic E-state index is 0.451. The lowest BCUT2D eigenvalue weighted by atomic mass is 9.79. The molecule has 3 heteroatoms. The Morgan fingerprint density at radius 2 is 2.00 bits per heavy atom. The van der Waals surface area contributed by atoms with Gasteiger partial charge in [0.05, 0.1) is 0 Å². The molecule has 0 saturated carbocycles. The first-order valence-corrected chi connectivity index (χ1v) is 7.68. The van der Waals surface area contributed by atoms with Crippen molar-refractivity contribution in [3.05, 3.63) is 0 Å². The molecule has 0 aromatic heterocycles. The highest BCUT2D eigenvalue weighted by Crippen LogP contribution is 2.34. The lowest BCUT2D eigenvalue weighted by Crippen LogP contribution is -2.48. The number of nitrogens with zero attached hydrogens (tertiary/aromatic N) is 1. The Morgan fingerprint density at radius 3 is 2.56 bits per heavy atom. The van der Waals surface area contributed by atoms with Crippen molar-refractivity contribution in [2.75, 3.05) is 39.4 Å². The van der Waals surface area contributed by atoms with Gasteiger partial charge < -0.3 is 10.1 Å². The summed E-state index contributed by atoms with van der Waals surface area (Å²) in [7, 11) is 0. The van der Waals surface area contributed by atoms with E-state index >= 15 is 0 Å². The first kappa shape index (κ1) is 14.3. The Balaban J connectivity index is 1.95. The van der Waals surface area contributed by atoms with Gasteiger partial charge in [-0.3, -0.25) is 4.90 Å². The summed E-state index contributed by atoms with van der Waals surface area (Å²) in [5.41, 5.74) is 0.451. The molecule has 18 heavy (non-hydrogen) atoms. The zero-order valence-electron chi connectivity index (χ0n) is 12.4. The molecule has 106 valence electrons. The molecule has 2 rings (SSSR count). The molecule has 2 atom stereocenters. The van der Waals surface area contributed by atoms with Gasteiger partial charge in [-0.2, -0.15) is 0 Å². The summed E-state index contributed by atoms with van der Waals surface area (Å²) in [6.07, 6.45) is 3.81. The summed E-state index contributed by atoms with van der Waals surface area (Å²) in [5, 5.41) is 3.58. The van der Waals surface area contributed by atoms with Gasteiger partial charge in [0.15, 0.2) is 0 Å². The number of hydrogen-bond donors (Lipinski definition) is 1. The fourth-order valence-electron chi connectivity index (χ4n) is 3.62. The molecule has 2 saturated heterocycles. The molecule has 0 aliphatic carbocycles. The van der Waals surface area contributed by atoms with E-state index in [0.717, 1.165) is 38.3 Å².